The number of esters is 1. The van der Waals surface area contributed by atoms with Crippen LogP contribution in [0.3, 0.4) is 0 Å². The monoisotopic (exact) mass is 580 g/mol. The molecule has 1 aliphatic rings. The summed E-state index contributed by atoms with van der Waals surface area (Å²) in [6.45, 7) is 12.1. The Morgan fingerprint density at radius 3 is 2.58 bits per heavy atom. The average Bonchev–Trinajstić information content (AvgIpc) is 3.42. The molecule has 0 saturated carbocycles. The van der Waals surface area contributed by atoms with Crippen LogP contribution in [-0.4, -0.2) is 84.7 Å². The number of ether oxygens (including phenoxy) is 2. The van der Waals surface area contributed by atoms with Gasteiger partial charge in [-0.3, -0.25) is 14.5 Å². The number of nitrogens with zero attached hydrogens (tertiary/aromatic N) is 3. The van der Waals surface area contributed by atoms with E-state index in [-0.39, 0.29) is 42.5 Å². The zero-order valence-corrected chi connectivity index (χ0v) is 26.6. The van der Waals surface area contributed by atoms with Gasteiger partial charge in [-0.2, -0.15) is 0 Å². The molecule has 228 valence electrons. The first-order valence-corrected chi connectivity index (χ1v) is 15.9. The molecule has 0 aliphatic carbocycles. The SMILES string of the molecule is CCCCCOCN(C(=O)C(NC(=O)C1CCCCN1C)C(C)CC)[C@H](CCc1nc(C(=O)OC)cs1)C(C)C. The van der Waals surface area contributed by atoms with Crippen molar-refractivity contribution in [3.05, 3.63) is 16.1 Å². The van der Waals surface area contributed by atoms with Crippen LogP contribution < -0.4 is 5.32 Å². The number of hydrogen-bond donors (Lipinski definition) is 1. The molecule has 2 heterocycles. The van der Waals surface area contributed by atoms with E-state index in [4.69, 9.17) is 9.47 Å². The Kier molecular flexibility index (Phi) is 15.1. The van der Waals surface area contributed by atoms with E-state index >= 15 is 0 Å². The lowest BCUT2D eigenvalue weighted by Gasteiger charge is -2.39. The first kappa shape index (κ1) is 34.2. The molecule has 2 amide bonds. The molecule has 1 saturated heterocycles. The summed E-state index contributed by atoms with van der Waals surface area (Å²) in [5.41, 5.74) is 0.308. The Morgan fingerprint density at radius 1 is 1.20 bits per heavy atom. The number of thiazole rings is 1. The van der Waals surface area contributed by atoms with Crippen molar-refractivity contribution in [3.8, 4) is 0 Å². The Balaban J connectivity index is 2.26. The number of carbonyl (C=O) groups excluding carboxylic acids is 3. The predicted octanol–water partition coefficient (Wildman–Crippen LogP) is 4.90. The van der Waals surface area contributed by atoms with E-state index < -0.39 is 12.0 Å². The van der Waals surface area contributed by atoms with Crippen LogP contribution in [0.5, 0.6) is 0 Å². The largest absolute Gasteiger partial charge is 0.464 e. The number of methoxy groups -OCH3 is 1. The van der Waals surface area contributed by atoms with Gasteiger partial charge < -0.3 is 19.7 Å². The maximum absolute atomic E-state index is 14.3. The van der Waals surface area contributed by atoms with E-state index in [1.54, 1.807) is 5.38 Å². The number of unbranched alkanes of at least 4 members (excludes halogenated alkanes) is 2. The van der Waals surface area contributed by atoms with E-state index in [0.29, 0.717) is 25.1 Å². The van der Waals surface area contributed by atoms with Crippen LogP contribution in [0.4, 0.5) is 0 Å². The highest BCUT2D eigenvalue weighted by atomic mass is 32.1. The van der Waals surface area contributed by atoms with E-state index in [1.165, 1.54) is 18.4 Å². The summed E-state index contributed by atoms with van der Waals surface area (Å²) >= 11 is 1.42. The van der Waals surface area contributed by atoms with Gasteiger partial charge in [0, 0.05) is 24.4 Å². The van der Waals surface area contributed by atoms with Crippen molar-refractivity contribution in [1.82, 2.24) is 20.1 Å². The highest BCUT2D eigenvalue weighted by Crippen LogP contribution is 2.24. The molecule has 1 aliphatic heterocycles. The fourth-order valence-corrected chi connectivity index (χ4v) is 5.99. The van der Waals surface area contributed by atoms with Crippen LogP contribution in [-0.2, 0) is 25.5 Å². The summed E-state index contributed by atoms with van der Waals surface area (Å²) in [6, 6.07) is -0.953. The maximum Gasteiger partial charge on any atom is 0.357 e. The van der Waals surface area contributed by atoms with E-state index in [1.807, 2.05) is 18.9 Å². The predicted molar refractivity (Wildman–Crippen MR) is 159 cm³/mol. The number of rotatable bonds is 17. The van der Waals surface area contributed by atoms with Gasteiger partial charge in [0.15, 0.2) is 5.69 Å². The zero-order valence-electron chi connectivity index (χ0n) is 25.7. The highest BCUT2D eigenvalue weighted by molar-refractivity contribution is 7.09. The van der Waals surface area contributed by atoms with Crippen LogP contribution >= 0.6 is 11.3 Å². The van der Waals surface area contributed by atoms with Crippen LogP contribution in [0.25, 0.3) is 0 Å². The Labute approximate surface area is 245 Å². The number of nitrogens with one attached hydrogen (secondary N) is 1. The molecule has 0 radical (unpaired) electrons. The number of hydrogen-bond acceptors (Lipinski definition) is 8. The summed E-state index contributed by atoms with van der Waals surface area (Å²) in [6.07, 6.45) is 8.10. The van der Waals surface area contributed by atoms with Gasteiger partial charge in [-0.25, -0.2) is 9.78 Å². The van der Waals surface area contributed by atoms with Crippen molar-refractivity contribution in [2.75, 3.05) is 34.0 Å². The number of carbonyl (C=O) groups is 3. The molecule has 1 N–H and O–H groups in total. The fourth-order valence-electron chi connectivity index (χ4n) is 5.20. The van der Waals surface area contributed by atoms with Gasteiger partial charge in [-0.1, -0.05) is 60.3 Å². The van der Waals surface area contributed by atoms with Crippen LogP contribution in [0.2, 0.25) is 0 Å². The lowest BCUT2D eigenvalue weighted by atomic mass is 9.93. The average molecular weight is 581 g/mol. The van der Waals surface area contributed by atoms with Crippen molar-refractivity contribution in [1.29, 1.82) is 0 Å². The van der Waals surface area contributed by atoms with Gasteiger partial charge in [0.1, 0.15) is 12.8 Å². The third-order valence-electron chi connectivity index (χ3n) is 8.03. The molecule has 40 heavy (non-hydrogen) atoms. The molecule has 4 atom stereocenters. The molecule has 2 rings (SSSR count). The van der Waals surface area contributed by atoms with E-state index in [2.05, 4.69) is 42.9 Å². The Morgan fingerprint density at radius 2 is 1.95 bits per heavy atom. The van der Waals surface area contributed by atoms with E-state index in [0.717, 1.165) is 56.5 Å². The van der Waals surface area contributed by atoms with Gasteiger partial charge >= 0.3 is 5.97 Å². The maximum atomic E-state index is 14.3. The first-order chi connectivity index (χ1) is 19.1. The molecule has 1 aromatic heterocycles. The number of aryl methyl sites for hydroxylation is 1. The van der Waals surface area contributed by atoms with Gasteiger partial charge in [-0.15, -0.1) is 11.3 Å². The lowest BCUT2D eigenvalue weighted by molar-refractivity contribution is -0.148. The van der Waals surface area contributed by atoms with Gasteiger partial charge in [0.2, 0.25) is 11.8 Å². The lowest BCUT2D eigenvalue weighted by Crippen LogP contribution is -2.59. The third-order valence-corrected chi connectivity index (χ3v) is 8.93. The second-order valence-electron chi connectivity index (χ2n) is 11.4. The third kappa shape index (κ3) is 10.1. The van der Waals surface area contributed by atoms with Crippen LogP contribution in [0.1, 0.15) is 101 Å². The molecule has 9 nitrogen and oxygen atoms in total. The molecule has 3 unspecified atom stereocenters. The van der Waals surface area contributed by atoms with Crippen LogP contribution in [0.15, 0.2) is 5.38 Å². The van der Waals surface area contributed by atoms with Gasteiger partial charge in [0.05, 0.1) is 18.2 Å². The summed E-state index contributed by atoms with van der Waals surface area (Å²) in [4.78, 5) is 47.9. The number of aromatic nitrogens is 1. The quantitative estimate of drug-likeness (QED) is 0.159. The standard InChI is InChI=1S/C30H52N4O5S/c1-8-10-13-18-39-20-34(24(21(3)4)15-16-26-31-23(19-40-26)30(37)38-7)29(36)27(22(5)9-2)32-28(35)25-14-11-12-17-33(25)6/h19,21-22,24-25,27H,8-18,20H2,1-7H3,(H,32,35)/t22?,24-,25?,27?/m1/s1. The fraction of sp³-hybridized carbons (Fsp3) is 0.800. The van der Waals surface area contributed by atoms with E-state index in [9.17, 15) is 14.4 Å². The second-order valence-corrected chi connectivity index (χ2v) is 12.3. The highest BCUT2D eigenvalue weighted by Gasteiger charge is 2.37. The molecule has 0 spiro atoms. The summed E-state index contributed by atoms with van der Waals surface area (Å²) in [5, 5.41) is 5.70. The Bertz CT molecular complexity index is 924. The van der Waals surface area contributed by atoms with Crippen molar-refractivity contribution in [2.24, 2.45) is 11.8 Å². The summed E-state index contributed by atoms with van der Waals surface area (Å²) in [7, 11) is 3.33. The minimum Gasteiger partial charge on any atom is -0.464 e. The smallest absolute Gasteiger partial charge is 0.357 e. The molecule has 0 aromatic carbocycles. The minimum atomic E-state index is -0.626. The molecule has 1 aromatic rings. The van der Waals surface area contributed by atoms with Crippen molar-refractivity contribution >= 4 is 29.1 Å². The van der Waals surface area contributed by atoms with Crippen molar-refractivity contribution in [3.63, 3.8) is 0 Å². The molecule has 10 heteroatoms. The molecule has 0 bridgehead atoms. The van der Waals surface area contributed by atoms with Crippen molar-refractivity contribution in [2.45, 2.75) is 111 Å². The van der Waals surface area contributed by atoms with Crippen molar-refractivity contribution < 1.29 is 23.9 Å². The summed E-state index contributed by atoms with van der Waals surface area (Å²) < 4.78 is 10.9. The first-order valence-electron chi connectivity index (χ1n) is 15.1. The van der Waals surface area contributed by atoms with Crippen LogP contribution in [0, 0.1) is 11.8 Å². The number of likely N-dealkylation sites (N-methyl/N-ethyl adjacent to an activating group) is 1. The molecular weight excluding hydrogens is 528 g/mol. The van der Waals surface area contributed by atoms with Gasteiger partial charge in [-0.05, 0) is 51.1 Å². The topological polar surface area (TPSA) is 101 Å². The second kappa shape index (κ2) is 17.7. The minimum absolute atomic E-state index is 0.0256. The Hall–Kier alpha value is -2.04. The van der Waals surface area contributed by atoms with Gasteiger partial charge in [0.25, 0.3) is 0 Å². The summed E-state index contributed by atoms with van der Waals surface area (Å²) in [5.74, 6) is -0.479. The zero-order chi connectivity index (χ0) is 29.7. The normalized spacial score (nSPS) is 18.2. The molecular formula is C30H52N4O5S. The number of likely N-dealkylation sites (tertiary alicyclic amines) is 1. The number of amides is 2. The molecule has 1 fully saturated rings. The number of piperidine rings is 1.